The predicted molar refractivity (Wildman–Crippen MR) is 107 cm³/mol. The largest absolute Gasteiger partial charge is 0.497 e. The van der Waals surface area contributed by atoms with E-state index in [1.54, 1.807) is 13.2 Å². The van der Waals surface area contributed by atoms with E-state index in [-0.39, 0.29) is 5.91 Å². The molecular formula is C22H23N3O2. The molecule has 1 heterocycles. The van der Waals surface area contributed by atoms with Crippen molar-refractivity contribution < 1.29 is 9.53 Å². The number of benzene rings is 2. The van der Waals surface area contributed by atoms with Crippen LogP contribution in [0.2, 0.25) is 0 Å². The van der Waals surface area contributed by atoms with Crippen LogP contribution in [0.3, 0.4) is 0 Å². The van der Waals surface area contributed by atoms with Gasteiger partial charge in [-0.25, -0.2) is 4.68 Å². The van der Waals surface area contributed by atoms with Crippen LogP contribution in [-0.4, -0.2) is 22.8 Å². The Morgan fingerprint density at radius 3 is 2.48 bits per heavy atom. The maximum absolute atomic E-state index is 12.2. The molecule has 0 atom stereocenters. The van der Waals surface area contributed by atoms with Crippen molar-refractivity contribution in [3.05, 3.63) is 83.2 Å². The summed E-state index contributed by atoms with van der Waals surface area (Å²) in [5, 5.41) is 7.54. The van der Waals surface area contributed by atoms with E-state index in [2.05, 4.69) is 10.4 Å². The van der Waals surface area contributed by atoms with Crippen LogP contribution < -0.4 is 10.1 Å². The van der Waals surface area contributed by atoms with Gasteiger partial charge in [-0.05, 0) is 49.8 Å². The number of carbonyl (C=O) groups is 1. The summed E-state index contributed by atoms with van der Waals surface area (Å²) in [6, 6.07) is 17.5. The molecule has 0 aliphatic heterocycles. The lowest BCUT2D eigenvalue weighted by atomic mass is 10.2. The van der Waals surface area contributed by atoms with E-state index in [9.17, 15) is 4.79 Å². The fourth-order valence-corrected chi connectivity index (χ4v) is 2.87. The molecule has 0 aliphatic carbocycles. The van der Waals surface area contributed by atoms with Crippen LogP contribution in [-0.2, 0) is 11.3 Å². The monoisotopic (exact) mass is 361 g/mol. The van der Waals surface area contributed by atoms with Gasteiger partial charge >= 0.3 is 0 Å². The molecule has 0 saturated carbocycles. The number of methoxy groups -OCH3 is 1. The van der Waals surface area contributed by atoms with Crippen molar-refractivity contribution in [1.82, 2.24) is 15.1 Å². The van der Waals surface area contributed by atoms with Crippen LogP contribution in [0, 0.1) is 13.8 Å². The van der Waals surface area contributed by atoms with Crippen molar-refractivity contribution in [3.8, 4) is 11.4 Å². The number of amides is 1. The fraction of sp³-hybridized carbons (Fsp3) is 0.182. The topological polar surface area (TPSA) is 56.1 Å². The lowest BCUT2D eigenvalue weighted by molar-refractivity contribution is -0.116. The maximum Gasteiger partial charge on any atom is 0.244 e. The molecule has 0 unspecified atom stereocenters. The lowest BCUT2D eigenvalue weighted by Gasteiger charge is -2.06. The van der Waals surface area contributed by atoms with Crippen molar-refractivity contribution in [2.75, 3.05) is 7.11 Å². The lowest BCUT2D eigenvalue weighted by Crippen LogP contribution is -2.21. The highest BCUT2D eigenvalue weighted by Gasteiger charge is 2.13. The van der Waals surface area contributed by atoms with Crippen molar-refractivity contribution in [2.45, 2.75) is 20.4 Å². The van der Waals surface area contributed by atoms with Crippen molar-refractivity contribution >= 4 is 12.0 Å². The first kappa shape index (κ1) is 18.5. The van der Waals surface area contributed by atoms with Gasteiger partial charge < -0.3 is 10.1 Å². The van der Waals surface area contributed by atoms with Crippen LogP contribution >= 0.6 is 0 Å². The molecule has 0 bridgehead atoms. The summed E-state index contributed by atoms with van der Waals surface area (Å²) >= 11 is 0. The van der Waals surface area contributed by atoms with Crippen molar-refractivity contribution in [3.63, 3.8) is 0 Å². The normalized spacial score (nSPS) is 10.9. The maximum atomic E-state index is 12.2. The third-order valence-electron chi connectivity index (χ3n) is 4.42. The van der Waals surface area contributed by atoms with Gasteiger partial charge in [0.1, 0.15) is 5.75 Å². The van der Waals surface area contributed by atoms with E-state index < -0.39 is 0 Å². The Morgan fingerprint density at radius 2 is 1.81 bits per heavy atom. The van der Waals surface area contributed by atoms with E-state index in [4.69, 9.17) is 4.74 Å². The Kier molecular flexibility index (Phi) is 5.71. The summed E-state index contributed by atoms with van der Waals surface area (Å²) in [7, 11) is 1.63. The number of aromatic nitrogens is 2. The minimum atomic E-state index is -0.142. The average molecular weight is 361 g/mol. The van der Waals surface area contributed by atoms with Gasteiger partial charge in [-0.2, -0.15) is 5.10 Å². The third-order valence-corrected chi connectivity index (χ3v) is 4.42. The third kappa shape index (κ3) is 4.44. The standard InChI is InChI=1S/C22H23N3O2/c1-16-21(17(2)25(24-16)19-7-5-4-6-8-19)15-23-22(26)14-11-18-9-12-20(27-3)13-10-18/h4-14H,15H2,1-3H3,(H,23,26)/b14-11+. The van der Waals surface area contributed by atoms with Crippen LogP contribution in [0.5, 0.6) is 5.75 Å². The summed E-state index contributed by atoms with van der Waals surface area (Å²) in [4.78, 5) is 12.2. The first-order valence-corrected chi connectivity index (χ1v) is 8.79. The van der Waals surface area contributed by atoms with Crippen molar-refractivity contribution in [1.29, 1.82) is 0 Å². The Hall–Kier alpha value is -3.34. The number of aryl methyl sites for hydroxylation is 1. The van der Waals surface area contributed by atoms with E-state index in [0.717, 1.165) is 34.0 Å². The van der Waals surface area contributed by atoms with Gasteiger partial charge in [-0.3, -0.25) is 4.79 Å². The van der Waals surface area contributed by atoms with Gasteiger partial charge in [0.2, 0.25) is 5.91 Å². The molecule has 0 saturated heterocycles. The van der Waals surface area contributed by atoms with Gasteiger partial charge in [0.15, 0.2) is 0 Å². The number of para-hydroxylation sites is 1. The zero-order chi connectivity index (χ0) is 19.2. The summed E-state index contributed by atoms with van der Waals surface area (Å²) in [5.74, 6) is 0.648. The number of hydrogen-bond donors (Lipinski definition) is 1. The molecule has 0 aliphatic rings. The fourth-order valence-electron chi connectivity index (χ4n) is 2.87. The number of nitrogens with one attached hydrogen (secondary N) is 1. The molecule has 0 radical (unpaired) electrons. The predicted octanol–water partition coefficient (Wildman–Crippen LogP) is 3.83. The van der Waals surface area contributed by atoms with Gasteiger partial charge in [-0.15, -0.1) is 0 Å². The molecule has 0 spiro atoms. The average Bonchev–Trinajstić information content (AvgIpc) is 2.99. The van der Waals surface area contributed by atoms with Crippen LogP contribution in [0.15, 0.2) is 60.7 Å². The Labute approximate surface area is 159 Å². The Bertz CT molecular complexity index is 942. The number of carbonyl (C=O) groups excluding carboxylic acids is 1. The van der Waals surface area contributed by atoms with Crippen LogP contribution in [0.1, 0.15) is 22.5 Å². The quantitative estimate of drug-likeness (QED) is 0.679. The minimum absolute atomic E-state index is 0.142. The SMILES string of the molecule is COc1ccc(/C=C/C(=O)NCc2c(C)nn(-c3ccccc3)c2C)cc1. The molecule has 3 rings (SSSR count). The summed E-state index contributed by atoms with van der Waals surface area (Å²) < 4.78 is 7.03. The summed E-state index contributed by atoms with van der Waals surface area (Å²) in [5.41, 5.74) is 4.92. The second-order valence-corrected chi connectivity index (χ2v) is 6.22. The van der Waals surface area contributed by atoms with Gasteiger partial charge in [0.25, 0.3) is 0 Å². The zero-order valence-corrected chi connectivity index (χ0v) is 15.8. The first-order chi connectivity index (χ1) is 13.1. The molecule has 1 amide bonds. The molecular weight excluding hydrogens is 338 g/mol. The summed E-state index contributed by atoms with van der Waals surface area (Å²) in [6.45, 7) is 4.42. The smallest absolute Gasteiger partial charge is 0.244 e. The van der Waals surface area contributed by atoms with E-state index in [0.29, 0.717) is 6.54 Å². The van der Waals surface area contributed by atoms with Crippen LogP contribution in [0.25, 0.3) is 11.8 Å². The second-order valence-electron chi connectivity index (χ2n) is 6.22. The Balaban J connectivity index is 1.65. The molecule has 5 heteroatoms. The number of nitrogens with zero attached hydrogens (tertiary/aromatic N) is 2. The Morgan fingerprint density at radius 1 is 1.11 bits per heavy atom. The molecule has 1 aromatic heterocycles. The number of ether oxygens (including phenoxy) is 1. The van der Waals surface area contributed by atoms with Crippen molar-refractivity contribution in [2.24, 2.45) is 0 Å². The van der Waals surface area contributed by atoms with Gasteiger partial charge in [-0.1, -0.05) is 30.3 Å². The number of rotatable bonds is 6. The molecule has 1 N–H and O–H groups in total. The minimum Gasteiger partial charge on any atom is -0.497 e. The molecule has 3 aromatic rings. The zero-order valence-electron chi connectivity index (χ0n) is 15.8. The van der Waals surface area contributed by atoms with E-state index in [1.165, 1.54) is 6.08 Å². The highest BCUT2D eigenvalue weighted by molar-refractivity contribution is 5.91. The highest BCUT2D eigenvalue weighted by Crippen LogP contribution is 2.17. The van der Waals surface area contributed by atoms with E-state index >= 15 is 0 Å². The molecule has 27 heavy (non-hydrogen) atoms. The van der Waals surface area contributed by atoms with E-state index in [1.807, 2.05) is 73.1 Å². The highest BCUT2D eigenvalue weighted by atomic mass is 16.5. The summed E-state index contributed by atoms with van der Waals surface area (Å²) in [6.07, 6.45) is 3.32. The second kappa shape index (κ2) is 8.36. The number of hydrogen-bond acceptors (Lipinski definition) is 3. The van der Waals surface area contributed by atoms with Crippen LogP contribution in [0.4, 0.5) is 0 Å². The first-order valence-electron chi connectivity index (χ1n) is 8.79. The van der Waals surface area contributed by atoms with Gasteiger partial charge in [0, 0.05) is 23.9 Å². The molecule has 5 nitrogen and oxygen atoms in total. The molecule has 0 fully saturated rings. The molecule has 138 valence electrons. The van der Waals surface area contributed by atoms with Gasteiger partial charge in [0.05, 0.1) is 18.5 Å². The molecule has 2 aromatic carbocycles.